The monoisotopic (exact) mass is 287 g/mol. The van der Waals surface area contributed by atoms with Crippen LogP contribution in [0.15, 0.2) is 24.3 Å². The fourth-order valence-corrected chi connectivity index (χ4v) is 2.91. The minimum absolute atomic E-state index is 0.160. The summed E-state index contributed by atoms with van der Waals surface area (Å²) < 4.78 is 6.00. The fourth-order valence-electron chi connectivity index (χ4n) is 2.91. The van der Waals surface area contributed by atoms with Gasteiger partial charge in [0.15, 0.2) is 11.5 Å². The Hall–Kier alpha value is -2.17. The highest BCUT2D eigenvalue weighted by molar-refractivity contribution is 5.65. The van der Waals surface area contributed by atoms with Crippen LogP contribution in [0.4, 0.5) is 5.82 Å². The van der Waals surface area contributed by atoms with E-state index in [-0.39, 0.29) is 11.9 Å². The zero-order valence-electron chi connectivity index (χ0n) is 12.4. The second-order valence-corrected chi connectivity index (χ2v) is 6.54. The van der Waals surface area contributed by atoms with Crippen molar-refractivity contribution >= 4 is 5.82 Å². The number of phenolic OH excluding ortho intramolecular Hbond substituents is 1. The van der Waals surface area contributed by atoms with Crippen LogP contribution in [-0.4, -0.2) is 21.4 Å². The van der Waals surface area contributed by atoms with Crippen molar-refractivity contribution in [3.05, 3.63) is 24.3 Å². The van der Waals surface area contributed by atoms with E-state index in [2.05, 4.69) is 24.0 Å². The topological polar surface area (TPSA) is 84.2 Å². The second kappa shape index (κ2) is 4.98. The normalized spacial score (nSPS) is 20.6. The standard InChI is InChI=1S/C16H21N3O2/c1-16(2)6-5-11(9-16)21-14-7-10(3-4-13(14)20)12-8-15(17)19-18-12/h3-4,7-8,11,20H,5-6,9H2,1-2H3,(H3,17,18,19). The van der Waals surface area contributed by atoms with E-state index in [1.165, 1.54) is 0 Å². The van der Waals surface area contributed by atoms with E-state index in [0.29, 0.717) is 17.0 Å². The Morgan fingerprint density at radius 1 is 1.38 bits per heavy atom. The number of phenols is 1. The van der Waals surface area contributed by atoms with Gasteiger partial charge in [-0.2, -0.15) is 5.10 Å². The molecule has 0 radical (unpaired) electrons. The Bertz CT molecular complexity index is 649. The highest BCUT2D eigenvalue weighted by Gasteiger charge is 2.32. The maximum Gasteiger partial charge on any atom is 0.162 e. The van der Waals surface area contributed by atoms with Crippen LogP contribution in [0.5, 0.6) is 11.5 Å². The molecule has 1 atom stereocenters. The summed E-state index contributed by atoms with van der Waals surface area (Å²) in [5, 5.41) is 16.8. The molecule has 1 fully saturated rings. The number of nitrogens with zero attached hydrogens (tertiary/aromatic N) is 1. The molecule has 1 heterocycles. The number of rotatable bonds is 3. The lowest BCUT2D eigenvalue weighted by molar-refractivity contribution is 0.186. The van der Waals surface area contributed by atoms with Crippen LogP contribution in [-0.2, 0) is 0 Å². The Morgan fingerprint density at radius 2 is 2.19 bits per heavy atom. The first kappa shape index (κ1) is 13.8. The van der Waals surface area contributed by atoms with E-state index in [9.17, 15) is 5.11 Å². The molecule has 0 saturated heterocycles. The Labute approximate surface area is 124 Å². The molecule has 0 aliphatic heterocycles. The number of hydrogen-bond acceptors (Lipinski definition) is 4. The molecule has 1 aliphatic rings. The number of nitrogen functional groups attached to an aromatic ring is 1. The third-order valence-corrected chi connectivity index (χ3v) is 4.09. The van der Waals surface area contributed by atoms with E-state index in [4.69, 9.17) is 10.5 Å². The quantitative estimate of drug-likeness (QED) is 0.808. The number of nitrogens with one attached hydrogen (secondary N) is 1. The highest BCUT2D eigenvalue weighted by Crippen LogP contribution is 2.41. The van der Waals surface area contributed by atoms with Gasteiger partial charge in [0.1, 0.15) is 5.82 Å². The zero-order chi connectivity index (χ0) is 15.0. The second-order valence-electron chi connectivity index (χ2n) is 6.54. The summed E-state index contributed by atoms with van der Waals surface area (Å²) in [6.07, 6.45) is 3.34. The highest BCUT2D eigenvalue weighted by atomic mass is 16.5. The lowest BCUT2D eigenvalue weighted by Crippen LogP contribution is -2.14. The molecular weight excluding hydrogens is 266 g/mol. The van der Waals surface area contributed by atoms with Crippen LogP contribution in [0.3, 0.4) is 0 Å². The van der Waals surface area contributed by atoms with E-state index in [0.717, 1.165) is 30.5 Å². The number of benzene rings is 1. The van der Waals surface area contributed by atoms with Gasteiger partial charge in [-0.1, -0.05) is 13.8 Å². The average Bonchev–Trinajstić information content (AvgIpc) is 2.98. The van der Waals surface area contributed by atoms with Crippen molar-refractivity contribution < 1.29 is 9.84 Å². The van der Waals surface area contributed by atoms with E-state index in [1.54, 1.807) is 12.1 Å². The molecule has 1 aromatic heterocycles. The van der Waals surface area contributed by atoms with Gasteiger partial charge in [0.2, 0.25) is 0 Å². The molecule has 3 rings (SSSR count). The number of nitrogens with two attached hydrogens (primary N) is 1. The maximum absolute atomic E-state index is 10.0. The first-order valence-corrected chi connectivity index (χ1v) is 7.24. The summed E-state index contributed by atoms with van der Waals surface area (Å²) in [4.78, 5) is 0. The van der Waals surface area contributed by atoms with Crippen LogP contribution < -0.4 is 10.5 Å². The van der Waals surface area contributed by atoms with Crippen LogP contribution in [0.2, 0.25) is 0 Å². The molecule has 0 bridgehead atoms. The molecule has 1 unspecified atom stereocenters. The number of hydrogen-bond donors (Lipinski definition) is 3. The van der Waals surface area contributed by atoms with Gasteiger partial charge >= 0.3 is 0 Å². The fraction of sp³-hybridized carbons (Fsp3) is 0.438. The van der Waals surface area contributed by atoms with Gasteiger partial charge in [0, 0.05) is 11.6 Å². The third kappa shape index (κ3) is 2.96. The summed E-state index contributed by atoms with van der Waals surface area (Å²) in [5.41, 5.74) is 7.64. The Kier molecular flexibility index (Phi) is 3.27. The van der Waals surface area contributed by atoms with Crippen molar-refractivity contribution in [3.63, 3.8) is 0 Å². The number of aromatic hydroxyl groups is 1. The van der Waals surface area contributed by atoms with Crippen molar-refractivity contribution in [2.75, 3.05) is 5.73 Å². The first-order chi connectivity index (χ1) is 9.93. The summed E-state index contributed by atoms with van der Waals surface area (Å²) in [6, 6.07) is 7.04. The lowest BCUT2D eigenvalue weighted by atomic mass is 9.92. The van der Waals surface area contributed by atoms with Crippen molar-refractivity contribution in [3.8, 4) is 22.8 Å². The van der Waals surface area contributed by atoms with Crippen LogP contribution >= 0.6 is 0 Å². The lowest BCUT2D eigenvalue weighted by Gasteiger charge is -2.18. The molecule has 112 valence electrons. The molecule has 21 heavy (non-hydrogen) atoms. The Balaban J connectivity index is 1.82. The Morgan fingerprint density at radius 3 is 2.81 bits per heavy atom. The molecule has 5 nitrogen and oxygen atoms in total. The number of aromatic amines is 1. The molecule has 1 saturated carbocycles. The molecule has 5 heteroatoms. The molecule has 0 amide bonds. The van der Waals surface area contributed by atoms with E-state index in [1.807, 2.05) is 12.1 Å². The van der Waals surface area contributed by atoms with E-state index >= 15 is 0 Å². The van der Waals surface area contributed by atoms with Crippen molar-refractivity contribution in [1.82, 2.24) is 10.2 Å². The minimum Gasteiger partial charge on any atom is -0.504 e. The van der Waals surface area contributed by atoms with Crippen molar-refractivity contribution in [1.29, 1.82) is 0 Å². The summed E-state index contributed by atoms with van der Waals surface area (Å²) in [5.74, 6) is 1.12. The van der Waals surface area contributed by atoms with Gasteiger partial charge in [-0.25, -0.2) is 0 Å². The van der Waals surface area contributed by atoms with Gasteiger partial charge in [0.05, 0.1) is 11.8 Å². The van der Waals surface area contributed by atoms with Gasteiger partial charge in [-0.05, 0) is 42.9 Å². The van der Waals surface area contributed by atoms with Gasteiger partial charge in [0.25, 0.3) is 0 Å². The number of aromatic nitrogens is 2. The molecule has 1 aliphatic carbocycles. The first-order valence-electron chi connectivity index (χ1n) is 7.24. The predicted molar refractivity (Wildman–Crippen MR) is 82.1 cm³/mol. The van der Waals surface area contributed by atoms with Crippen molar-refractivity contribution in [2.45, 2.75) is 39.2 Å². The maximum atomic E-state index is 10.0. The van der Waals surface area contributed by atoms with Crippen LogP contribution in [0, 0.1) is 5.41 Å². The SMILES string of the molecule is CC1(C)CCC(Oc2cc(-c3cc(N)n[nH]3)ccc2O)C1. The van der Waals surface area contributed by atoms with Crippen LogP contribution in [0.1, 0.15) is 33.1 Å². The molecular formula is C16H21N3O2. The smallest absolute Gasteiger partial charge is 0.162 e. The third-order valence-electron chi connectivity index (χ3n) is 4.09. The number of anilines is 1. The molecule has 1 aromatic carbocycles. The predicted octanol–water partition coefficient (Wildman–Crippen LogP) is 3.32. The molecule has 2 aromatic rings. The summed E-state index contributed by atoms with van der Waals surface area (Å²) >= 11 is 0. The van der Waals surface area contributed by atoms with Gasteiger partial charge < -0.3 is 15.6 Å². The molecule has 4 N–H and O–H groups in total. The van der Waals surface area contributed by atoms with Crippen LogP contribution in [0.25, 0.3) is 11.3 Å². The largest absolute Gasteiger partial charge is 0.504 e. The van der Waals surface area contributed by atoms with E-state index < -0.39 is 0 Å². The zero-order valence-corrected chi connectivity index (χ0v) is 12.4. The average molecular weight is 287 g/mol. The summed E-state index contributed by atoms with van der Waals surface area (Å²) in [6.45, 7) is 4.50. The number of H-pyrrole nitrogens is 1. The minimum atomic E-state index is 0.160. The van der Waals surface area contributed by atoms with Crippen molar-refractivity contribution in [2.24, 2.45) is 5.41 Å². The van der Waals surface area contributed by atoms with Gasteiger partial charge in [-0.3, -0.25) is 5.10 Å². The van der Waals surface area contributed by atoms with Gasteiger partial charge in [-0.15, -0.1) is 0 Å². The molecule has 0 spiro atoms. The number of ether oxygens (including phenoxy) is 1. The summed E-state index contributed by atoms with van der Waals surface area (Å²) in [7, 11) is 0.